The quantitative estimate of drug-likeness (QED) is 0.512. The molecule has 0 fully saturated rings. The van der Waals surface area contributed by atoms with Crippen molar-refractivity contribution in [2.45, 2.75) is 65.5 Å². The van der Waals surface area contributed by atoms with Gasteiger partial charge in [0.05, 0.1) is 0 Å². The molecular weight excluding hydrogens is 274 g/mol. The summed E-state index contributed by atoms with van der Waals surface area (Å²) in [6.45, 7) is 13.0. The molecular formula is C18H29N3O. The third-order valence-electron chi connectivity index (χ3n) is 4.82. The summed E-state index contributed by atoms with van der Waals surface area (Å²) >= 11 is 0. The van der Waals surface area contributed by atoms with Crippen LogP contribution in [0.1, 0.15) is 58.1 Å². The molecule has 0 aliphatic carbocycles. The van der Waals surface area contributed by atoms with E-state index < -0.39 is 0 Å². The average Bonchev–Trinajstić information content (AvgIpc) is 2.42. The molecule has 0 saturated carbocycles. The van der Waals surface area contributed by atoms with Gasteiger partial charge in [-0.2, -0.15) is 0 Å². The van der Waals surface area contributed by atoms with Crippen LogP contribution in [-0.2, 0) is 4.79 Å². The predicted molar refractivity (Wildman–Crippen MR) is 91.7 cm³/mol. The number of fused-ring (bicyclic) bond motifs is 1. The second kappa shape index (κ2) is 5.92. The van der Waals surface area contributed by atoms with Crippen molar-refractivity contribution in [2.75, 3.05) is 4.90 Å². The number of benzene rings is 1. The van der Waals surface area contributed by atoms with Gasteiger partial charge in [0.2, 0.25) is 0 Å². The van der Waals surface area contributed by atoms with Crippen LogP contribution in [0, 0.1) is 12.8 Å². The zero-order valence-corrected chi connectivity index (χ0v) is 14.6. The van der Waals surface area contributed by atoms with Crippen LogP contribution in [0.25, 0.3) is 0 Å². The van der Waals surface area contributed by atoms with Gasteiger partial charge in [-0.15, -0.1) is 0 Å². The van der Waals surface area contributed by atoms with E-state index in [1.54, 1.807) is 0 Å². The highest BCUT2D eigenvalue weighted by atomic mass is 16.2. The van der Waals surface area contributed by atoms with E-state index in [0.29, 0.717) is 5.92 Å². The molecule has 1 heterocycles. The maximum absolute atomic E-state index is 12.5. The highest BCUT2D eigenvalue weighted by Crippen LogP contribution is 2.46. The second-order valence-corrected chi connectivity index (χ2v) is 7.50. The van der Waals surface area contributed by atoms with Crippen molar-refractivity contribution in [3.8, 4) is 0 Å². The number of carbonyl (C=O) groups is 1. The van der Waals surface area contributed by atoms with Crippen molar-refractivity contribution in [3.05, 3.63) is 29.3 Å². The van der Waals surface area contributed by atoms with Gasteiger partial charge < -0.3 is 4.90 Å². The third kappa shape index (κ3) is 2.72. The Morgan fingerprint density at radius 1 is 1.41 bits per heavy atom. The van der Waals surface area contributed by atoms with E-state index in [1.165, 1.54) is 16.8 Å². The van der Waals surface area contributed by atoms with Crippen molar-refractivity contribution < 1.29 is 4.79 Å². The number of nitrogens with two attached hydrogens (primary N) is 1. The number of para-hydroxylation sites is 1. The number of hydrazine groups is 1. The fourth-order valence-corrected chi connectivity index (χ4v) is 3.99. The van der Waals surface area contributed by atoms with Crippen molar-refractivity contribution in [1.29, 1.82) is 0 Å². The summed E-state index contributed by atoms with van der Waals surface area (Å²) in [5.74, 6) is 6.00. The van der Waals surface area contributed by atoms with Crippen molar-refractivity contribution in [1.82, 2.24) is 5.43 Å². The number of nitrogens with zero attached hydrogens (tertiary/aromatic N) is 1. The third-order valence-corrected chi connectivity index (χ3v) is 4.82. The van der Waals surface area contributed by atoms with E-state index >= 15 is 0 Å². The van der Waals surface area contributed by atoms with Crippen molar-refractivity contribution >= 4 is 11.6 Å². The Hall–Kier alpha value is -1.55. The van der Waals surface area contributed by atoms with Crippen LogP contribution in [0.2, 0.25) is 0 Å². The predicted octanol–water partition coefficient (Wildman–Crippen LogP) is 3.10. The monoisotopic (exact) mass is 303 g/mol. The van der Waals surface area contributed by atoms with Gasteiger partial charge in [0.25, 0.3) is 5.91 Å². The van der Waals surface area contributed by atoms with Crippen LogP contribution >= 0.6 is 0 Å². The molecule has 0 unspecified atom stereocenters. The van der Waals surface area contributed by atoms with E-state index in [4.69, 9.17) is 5.84 Å². The molecule has 2 atom stereocenters. The molecule has 0 spiro atoms. The van der Waals surface area contributed by atoms with Gasteiger partial charge in [0.1, 0.15) is 6.04 Å². The Bertz CT molecular complexity index is 565. The molecule has 0 bridgehead atoms. The molecule has 3 N–H and O–H groups in total. The normalized spacial score (nSPS) is 21.5. The number of aryl methyl sites for hydroxylation is 1. The minimum Gasteiger partial charge on any atom is -0.354 e. The summed E-state index contributed by atoms with van der Waals surface area (Å²) in [5.41, 5.74) is 6.01. The molecule has 1 aliphatic rings. The van der Waals surface area contributed by atoms with Crippen molar-refractivity contribution in [2.24, 2.45) is 11.8 Å². The van der Waals surface area contributed by atoms with Crippen LogP contribution in [0.15, 0.2) is 18.2 Å². The van der Waals surface area contributed by atoms with Crippen LogP contribution in [0.3, 0.4) is 0 Å². The van der Waals surface area contributed by atoms with Gasteiger partial charge in [-0.1, -0.05) is 39.0 Å². The lowest BCUT2D eigenvalue weighted by atomic mass is 9.77. The Morgan fingerprint density at radius 2 is 2.05 bits per heavy atom. The van der Waals surface area contributed by atoms with Gasteiger partial charge in [-0.3, -0.25) is 10.2 Å². The van der Waals surface area contributed by atoms with Crippen LogP contribution in [0.4, 0.5) is 5.69 Å². The topological polar surface area (TPSA) is 58.4 Å². The summed E-state index contributed by atoms with van der Waals surface area (Å²) in [6.07, 6.45) is 1.02. The van der Waals surface area contributed by atoms with Crippen LogP contribution in [0.5, 0.6) is 0 Å². The first kappa shape index (κ1) is 16.8. The second-order valence-electron chi connectivity index (χ2n) is 7.50. The molecule has 1 amide bonds. The molecule has 4 nitrogen and oxygen atoms in total. The first-order valence-electron chi connectivity index (χ1n) is 8.10. The molecule has 1 aliphatic heterocycles. The Kier molecular flexibility index (Phi) is 4.52. The molecule has 4 heteroatoms. The van der Waals surface area contributed by atoms with E-state index in [2.05, 4.69) is 70.1 Å². The van der Waals surface area contributed by atoms with Gasteiger partial charge in [0, 0.05) is 11.2 Å². The maximum Gasteiger partial charge on any atom is 0.256 e. The van der Waals surface area contributed by atoms with Crippen LogP contribution < -0.4 is 16.2 Å². The molecule has 0 saturated heterocycles. The average molecular weight is 303 g/mol. The fraction of sp³-hybridized carbons (Fsp3) is 0.611. The van der Waals surface area contributed by atoms with E-state index in [1.807, 2.05) is 0 Å². The zero-order valence-electron chi connectivity index (χ0n) is 14.6. The number of hydrogen-bond donors (Lipinski definition) is 2. The standard InChI is InChI=1S/C18H29N3O/c1-11(2)15(17(22)20-19)21-16-12(3)8-7-9-14(16)13(4)10-18(21,5)6/h7-9,11,13,15H,10,19H2,1-6H3,(H,20,22)/t13-,15-/m0/s1. The van der Waals surface area contributed by atoms with E-state index in [-0.39, 0.29) is 23.4 Å². The fourth-order valence-electron chi connectivity index (χ4n) is 3.99. The Labute approximate surface area is 134 Å². The summed E-state index contributed by atoms with van der Waals surface area (Å²) in [6, 6.07) is 6.14. The number of anilines is 1. The molecule has 0 radical (unpaired) electrons. The largest absolute Gasteiger partial charge is 0.354 e. The zero-order chi connectivity index (χ0) is 16.7. The number of hydrogen-bond acceptors (Lipinski definition) is 3. The van der Waals surface area contributed by atoms with E-state index in [9.17, 15) is 4.79 Å². The molecule has 22 heavy (non-hydrogen) atoms. The van der Waals surface area contributed by atoms with Crippen molar-refractivity contribution in [3.63, 3.8) is 0 Å². The molecule has 0 aromatic heterocycles. The molecule has 1 aromatic rings. The van der Waals surface area contributed by atoms with E-state index in [0.717, 1.165) is 6.42 Å². The van der Waals surface area contributed by atoms with Gasteiger partial charge in [-0.05, 0) is 50.2 Å². The first-order chi connectivity index (χ1) is 10.2. The first-order valence-corrected chi connectivity index (χ1v) is 8.10. The smallest absolute Gasteiger partial charge is 0.256 e. The van der Waals surface area contributed by atoms with Gasteiger partial charge >= 0.3 is 0 Å². The highest BCUT2D eigenvalue weighted by Gasteiger charge is 2.43. The molecule has 1 aromatic carbocycles. The summed E-state index contributed by atoms with van der Waals surface area (Å²) in [5, 5.41) is 0. The Morgan fingerprint density at radius 3 is 2.59 bits per heavy atom. The van der Waals surface area contributed by atoms with Gasteiger partial charge in [0.15, 0.2) is 0 Å². The maximum atomic E-state index is 12.5. The van der Waals surface area contributed by atoms with Gasteiger partial charge in [-0.25, -0.2) is 5.84 Å². The number of nitrogens with one attached hydrogen (secondary N) is 1. The molecule has 122 valence electrons. The minimum absolute atomic E-state index is 0.0972. The highest BCUT2D eigenvalue weighted by molar-refractivity contribution is 5.86. The summed E-state index contributed by atoms with van der Waals surface area (Å²) in [7, 11) is 0. The summed E-state index contributed by atoms with van der Waals surface area (Å²) < 4.78 is 0. The molecule has 2 rings (SSSR count). The number of rotatable bonds is 3. The number of carbonyl (C=O) groups excluding carboxylic acids is 1. The van der Waals surface area contributed by atoms with Crippen LogP contribution in [-0.4, -0.2) is 17.5 Å². The SMILES string of the molecule is Cc1cccc2c1N([C@H](C(=O)NN)C(C)C)C(C)(C)C[C@@H]2C. The Balaban J connectivity index is 2.66. The lowest BCUT2D eigenvalue weighted by molar-refractivity contribution is -0.123. The lowest BCUT2D eigenvalue weighted by Crippen LogP contribution is -2.61. The lowest BCUT2D eigenvalue weighted by Gasteiger charge is -2.52. The summed E-state index contributed by atoms with van der Waals surface area (Å²) in [4.78, 5) is 14.8. The minimum atomic E-state index is -0.271. The number of amides is 1.